The van der Waals surface area contributed by atoms with E-state index in [4.69, 9.17) is 9.84 Å². The maximum Gasteiger partial charge on any atom is 0.354 e. The molecular weight excluding hydrogens is 351 g/mol. The van der Waals surface area contributed by atoms with Crippen molar-refractivity contribution in [2.75, 3.05) is 36.5 Å². The number of methoxy groups -OCH3 is 1. The van der Waals surface area contributed by atoms with Crippen LogP contribution >= 0.6 is 0 Å². The number of hydrogen-bond acceptors (Lipinski definition) is 6. The van der Waals surface area contributed by atoms with Gasteiger partial charge in [-0.2, -0.15) is 4.39 Å². The number of hydrogen-bond donors (Lipinski definition) is 1. The first-order chi connectivity index (χ1) is 13.0. The molecule has 2 aliphatic heterocycles. The van der Waals surface area contributed by atoms with Crippen molar-refractivity contribution in [3.63, 3.8) is 0 Å². The van der Waals surface area contributed by atoms with Crippen molar-refractivity contribution in [3.8, 4) is 0 Å². The van der Waals surface area contributed by atoms with Gasteiger partial charge in [0.1, 0.15) is 11.5 Å². The molecule has 2 aromatic rings. The van der Waals surface area contributed by atoms with Crippen LogP contribution in [0.2, 0.25) is 0 Å². The van der Waals surface area contributed by atoms with Crippen molar-refractivity contribution in [3.05, 3.63) is 47.2 Å². The number of carbonyl (C=O) groups is 1. The molecule has 142 valence electrons. The molecule has 0 spiro atoms. The van der Waals surface area contributed by atoms with E-state index < -0.39 is 11.9 Å². The van der Waals surface area contributed by atoms with Crippen molar-refractivity contribution in [1.82, 2.24) is 9.97 Å². The summed E-state index contributed by atoms with van der Waals surface area (Å²) >= 11 is 0. The van der Waals surface area contributed by atoms with Gasteiger partial charge in [0, 0.05) is 57.3 Å². The summed E-state index contributed by atoms with van der Waals surface area (Å²) in [5, 5.41) is 9.08. The SMILES string of the molecule is COC1CCN(c2cc(N3CCc4cc(C(=O)O)ncc4C3)cc(F)n2)C1. The highest BCUT2D eigenvalue weighted by Gasteiger charge is 2.25. The van der Waals surface area contributed by atoms with E-state index in [0.29, 0.717) is 31.9 Å². The van der Waals surface area contributed by atoms with E-state index in [1.54, 1.807) is 19.4 Å². The molecule has 8 heteroatoms. The van der Waals surface area contributed by atoms with Gasteiger partial charge in [-0.15, -0.1) is 0 Å². The van der Waals surface area contributed by atoms with E-state index in [1.807, 2.05) is 11.0 Å². The Balaban J connectivity index is 1.56. The van der Waals surface area contributed by atoms with Crippen molar-refractivity contribution < 1.29 is 19.0 Å². The fourth-order valence-electron chi connectivity index (χ4n) is 3.72. The first-order valence-electron chi connectivity index (χ1n) is 8.95. The van der Waals surface area contributed by atoms with Gasteiger partial charge in [0.25, 0.3) is 0 Å². The van der Waals surface area contributed by atoms with E-state index in [-0.39, 0.29) is 11.8 Å². The van der Waals surface area contributed by atoms with E-state index in [1.165, 1.54) is 6.07 Å². The van der Waals surface area contributed by atoms with Crippen molar-refractivity contribution in [1.29, 1.82) is 0 Å². The molecular formula is C19H21FN4O3. The van der Waals surface area contributed by atoms with Gasteiger partial charge in [-0.3, -0.25) is 0 Å². The summed E-state index contributed by atoms with van der Waals surface area (Å²) in [4.78, 5) is 23.3. The molecule has 2 aromatic heterocycles. The number of rotatable bonds is 4. The predicted octanol–water partition coefficient (Wildman–Crippen LogP) is 2.10. The predicted molar refractivity (Wildman–Crippen MR) is 97.8 cm³/mol. The Morgan fingerprint density at radius 2 is 2.11 bits per heavy atom. The number of halogens is 1. The molecule has 2 aliphatic rings. The zero-order valence-electron chi connectivity index (χ0n) is 15.1. The van der Waals surface area contributed by atoms with E-state index in [2.05, 4.69) is 14.9 Å². The van der Waals surface area contributed by atoms with Crippen molar-refractivity contribution in [2.24, 2.45) is 0 Å². The first-order valence-corrected chi connectivity index (χ1v) is 8.95. The molecule has 0 aromatic carbocycles. The molecule has 4 heterocycles. The minimum absolute atomic E-state index is 0.0566. The summed E-state index contributed by atoms with van der Waals surface area (Å²) in [6.07, 6.45) is 3.34. The number of carboxylic acid groups (broad SMARTS) is 1. The Morgan fingerprint density at radius 3 is 2.85 bits per heavy atom. The highest BCUT2D eigenvalue weighted by Crippen LogP contribution is 2.29. The standard InChI is InChI=1S/C19H21FN4O3/c1-27-15-3-5-24(11-15)18-8-14(7-17(20)22-18)23-4-2-12-6-16(19(25)26)21-9-13(12)10-23/h6-9,15H,2-5,10-11H2,1H3,(H,25,26). The summed E-state index contributed by atoms with van der Waals surface area (Å²) in [5.41, 5.74) is 2.77. The molecule has 1 N–H and O–H groups in total. The van der Waals surface area contributed by atoms with Crippen LogP contribution in [0.4, 0.5) is 15.9 Å². The molecule has 1 unspecified atom stereocenters. The minimum atomic E-state index is -1.03. The Bertz CT molecular complexity index is 876. The Hall–Kier alpha value is -2.74. The largest absolute Gasteiger partial charge is 0.477 e. The lowest BCUT2D eigenvalue weighted by Crippen LogP contribution is -2.31. The maximum absolute atomic E-state index is 14.2. The molecule has 0 radical (unpaired) electrons. The summed E-state index contributed by atoms with van der Waals surface area (Å²) in [6, 6.07) is 4.98. The molecule has 27 heavy (non-hydrogen) atoms. The fraction of sp³-hybridized carbons (Fsp3) is 0.421. The van der Waals surface area contributed by atoms with E-state index in [9.17, 15) is 9.18 Å². The summed E-state index contributed by atoms with van der Waals surface area (Å²) in [6.45, 7) is 2.74. The molecule has 4 rings (SSSR count). The number of carboxylic acids is 1. The molecule has 1 atom stereocenters. The lowest BCUT2D eigenvalue weighted by atomic mass is 10.0. The van der Waals surface area contributed by atoms with Gasteiger partial charge in [-0.25, -0.2) is 14.8 Å². The number of fused-ring (bicyclic) bond motifs is 1. The Kier molecular flexibility index (Phi) is 4.65. The van der Waals surface area contributed by atoms with Crippen LogP contribution in [0.25, 0.3) is 0 Å². The number of aromatic carboxylic acids is 1. The van der Waals surface area contributed by atoms with Crippen LogP contribution in [0.1, 0.15) is 28.0 Å². The van der Waals surface area contributed by atoms with Crippen molar-refractivity contribution in [2.45, 2.75) is 25.5 Å². The number of pyridine rings is 2. The van der Waals surface area contributed by atoms with E-state index >= 15 is 0 Å². The van der Waals surface area contributed by atoms with Gasteiger partial charge in [-0.1, -0.05) is 0 Å². The van der Waals surface area contributed by atoms with Crippen LogP contribution < -0.4 is 9.80 Å². The third kappa shape index (κ3) is 3.57. The monoisotopic (exact) mass is 372 g/mol. The molecule has 1 fully saturated rings. The molecule has 0 amide bonds. The van der Waals surface area contributed by atoms with Crippen LogP contribution in [0.15, 0.2) is 24.4 Å². The van der Waals surface area contributed by atoms with Crippen LogP contribution in [-0.4, -0.2) is 53.9 Å². The van der Waals surface area contributed by atoms with Gasteiger partial charge in [0.2, 0.25) is 5.95 Å². The van der Waals surface area contributed by atoms with Gasteiger partial charge in [0.15, 0.2) is 0 Å². The van der Waals surface area contributed by atoms with Crippen LogP contribution in [0, 0.1) is 5.95 Å². The second-order valence-corrected chi connectivity index (χ2v) is 6.91. The Labute approximate surface area is 156 Å². The number of anilines is 2. The highest BCUT2D eigenvalue weighted by atomic mass is 19.1. The van der Waals surface area contributed by atoms with Crippen molar-refractivity contribution >= 4 is 17.5 Å². The second kappa shape index (κ2) is 7.11. The lowest BCUT2D eigenvalue weighted by Gasteiger charge is -2.31. The smallest absolute Gasteiger partial charge is 0.354 e. The lowest BCUT2D eigenvalue weighted by molar-refractivity contribution is 0.0690. The summed E-state index contributed by atoms with van der Waals surface area (Å²) in [7, 11) is 1.69. The molecule has 7 nitrogen and oxygen atoms in total. The fourth-order valence-corrected chi connectivity index (χ4v) is 3.72. The average molecular weight is 372 g/mol. The first kappa shape index (κ1) is 17.7. The quantitative estimate of drug-likeness (QED) is 0.824. The molecule has 0 aliphatic carbocycles. The van der Waals surface area contributed by atoms with Crippen LogP contribution in [0.3, 0.4) is 0 Å². The third-order valence-corrected chi connectivity index (χ3v) is 5.25. The normalized spacial score (nSPS) is 19.3. The Morgan fingerprint density at radius 1 is 1.26 bits per heavy atom. The summed E-state index contributed by atoms with van der Waals surface area (Å²) in [5.74, 6) is -0.913. The van der Waals surface area contributed by atoms with Gasteiger partial charge >= 0.3 is 5.97 Å². The van der Waals surface area contributed by atoms with Gasteiger partial charge in [-0.05, 0) is 30.0 Å². The van der Waals surface area contributed by atoms with Crippen LogP contribution in [-0.2, 0) is 17.7 Å². The number of aromatic nitrogens is 2. The minimum Gasteiger partial charge on any atom is -0.477 e. The zero-order chi connectivity index (χ0) is 19.0. The molecule has 0 saturated carbocycles. The molecule has 1 saturated heterocycles. The van der Waals surface area contributed by atoms with Crippen LogP contribution in [0.5, 0.6) is 0 Å². The zero-order valence-corrected chi connectivity index (χ0v) is 15.1. The van der Waals surface area contributed by atoms with Gasteiger partial charge in [0.05, 0.1) is 6.10 Å². The third-order valence-electron chi connectivity index (χ3n) is 5.25. The molecule has 0 bridgehead atoms. The number of ether oxygens (including phenoxy) is 1. The van der Waals surface area contributed by atoms with E-state index in [0.717, 1.165) is 29.8 Å². The maximum atomic E-state index is 14.2. The van der Waals surface area contributed by atoms with Gasteiger partial charge < -0.3 is 19.6 Å². The second-order valence-electron chi connectivity index (χ2n) is 6.91. The highest BCUT2D eigenvalue weighted by molar-refractivity contribution is 5.85. The number of nitrogens with zero attached hydrogens (tertiary/aromatic N) is 4. The average Bonchev–Trinajstić information content (AvgIpc) is 3.16. The topological polar surface area (TPSA) is 78.8 Å². The summed E-state index contributed by atoms with van der Waals surface area (Å²) < 4.78 is 19.6.